The van der Waals surface area contributed by atoms with Crippen molar-refractivity contribution in [3.63, 3.8) is 0 Å². The molecule has 0 radical (unpaired) electrons. The molecule has 0 spiro atoms. The number of rotatable bonds is 7. The lowest BCUT2D eigenvalue weighted by molar-refractivity contribution is -0.136. The molecule has 1 amide bonds. The molecular weight excluding hydrogens is 356 g/mol. The highest BCUT2D eigenvalue weighted by molar-refractivity contribution is 5.83. The monoisotopic (exact) mass is 390 g/mol. The molecule has 1 aliphatic heterocycles. The van der Waals surface area contributed by atoms with Gasteiger partial charge in [0.25, 0.3) is 0 Å². The minimum atomic E-state index is -0.494. The molecule has 1 aromatic rings. The number of hydrogen-bond donors (Lipinski definition) is 2. The molecule has 2 aliphatic rings. The maximum atomic E-state index is 13.1. The van der Waals surface area contributed by atoms with Crippen molar-refractivity contribution in [2.24, 2.45) is 11.1 Å². The first kappa shape index (κ1) is 20.9. The van der Waals surface area contributed by atoms with Gasteiger partial charge in [-0.05, 0) is 43.4 Å². The van der Waals surface area contributed by atoms with Crippen molar-refractivity contribution in [1.82, 2.24) is 5.32 Å². The highest BCUT2D eigenvalue weighted by Crippen LogP contribution is 2.42. The van der Waals surface area contributed by atoms with Crippen LogP contribution in [-0.2, 0) is 14.9 Å². The molecule has 1 saturated heterocycles. The van der Waals surface area contributed by atoms with Crippen LogP contribution < -0.4 is 20.5 Å². The molecule has 156 valence electrons. The molecule has 0 unspecified atom stereocenters. The number of ether oxygens (including phenoxy) is 3. The Hall–Kier alpha value is -1.79. The van der Waals surface area contributed by atoms with Crippen molar-refractivity contribution < 1.29 is 19.0 Å². The average molecular weight is 391 g/mol. The normalized spacial score (nSPS) is 21.0. The van der Waals surface area contributed by atoms with E-state index in [9.17, 15) is 4.79 Å². The summed E-state index contributed by atoms with van der Waals surface area (Å²) in [5.74, 6) is 1.54. The fraction of sp³-hybridized carbons (Fsp3) is 0.682. The van der Waals surface area contributed by atoms with Gasteiger partial charge in [0.2, 0.25) is 5.91 Å². The zero-order chi connectivity index (χ0) is 20.0. The summed E-state index contributed by atoms with van der Waals surface area (Å²) in [5.41, 5.74) is 6.65. The number of carbonyl (C=O) groups excluding carboxylic acids is 1. The van der Waals surface area contributed by atoms with Gasteiger partial charge in [0.1, 0.15) is 0 Å². The van der Waals surface area contributed by atoms with Crippen molar-refractivity contribution >= 4 is 5.91 Å². The van der Waals surface area contributed by atoms with Crippen molar-refractivity contribution in [3.8, 4) is 11.5 Å². The van der Waals surface area contributed by atoms with E-state index in [4.69, 9.17) is 19.9 Å². The van der Waals surface area contributed by atoms with E-state index in [0.717, 1.165) is 24.3 Å². The lowest BCUT2D eigenvalue weighted by Crippen LogP contribution is -2.52. The molecule has 0 bridgehead atoms. The van der Waals surface area contributed by atoms with Gasteiger partial charge >= 0.3 is 0 Å². The molecule has 2 fully saturated rings. The van der Waals surface area contributed by atoms with Crippen LogP contribution in [0.3, 0.4) is 0 Å². The van der Waals surface area contributed by atoms with E-state index in [2.05, 4.69) is 17.4 Å². The third-order valence-corrected chi connectivity index (χ3v) is 6.72. The quantitative estimate of drug-likeness (QED) is 0.748. The summed E-state index contributed by atoms with van der Waals surface area (Å²) in [5, 5.41) is 3.27. The molecule has 3 N–H and O–H groups in total. The lowest BCUT2D eigenvalue weighted by Gasteiger charge is -2.40. The predicted octanol–water partition coefficient (Wildman–Crippen LogP) is 2.78. The van der Waals surface area contributed by atoms with Gasteiger partial charge in [-0.15, -0.1) is 0 Å². The molecule has 6 heteroatoms. The molecule has 28 heavy (non-hydrogen) atoms. The molecule has 3 rings (SSSR count). The number of nitrogens with two attached hydrogens (primary N) is 1. The fourth-order valence-electron chi connectivity index (χ4n) is 4.69. The minimum Gasteiger partial charge on any atom is -0.493 e. The van der Waals surface area contributed by atoms with E-state index >= 15 is 0 Å². The summed E-state index contributed by atoms with van der Waals surface area (Å²) < 4.78 is 16.4. The number of carbonyl (C=O) groups is 1. The highest BCUT2D eigenvalue weighted by atomic mass is 16.5. The van der Waals surface area contributed by atoms with Crippen molar-refractivity contribution in [2.45, 2.75) is 50.4 Å². The van der Waals surface area contributed by atoms with Gasteiger partial charge in [0.15, 0.2) is 11.5 Å². The molecule has 1 heterocycles. The Morgan fingerprint density at radius 3 is 2.36 bits per heavy atom. The van der Waals surface area contributed by atoms with Crippen LogP contribution >= 0.6 is 0 Å². The molecule has 6 nitrogen and oxygen atoms in total. The number of hydrogen-bond acceptors (Lipinski definition) is 5. The third kappa shape index (κ3) is 4.13. The molecule has 0 atom stereocenters. The molecule has 1 saturated carbocycles. The van der Waals surface area contributed by atoms with Crippen LogP contribution in [0.2, 0.25) is 0 Å². The summed E-state index contributed by atoms with van der Waals surface area (Å²) in [6.07, 6.45) is 7.08. The van der Waals surface area contributed by atoms with Crippen molar-refractivity contribution in [1.29, 1.82) is 0 Å². The Morgan fingerprint density at radius 1 is 1.07 bits per heavy atom. The second kappa shape index (κ2) is 9.14. The summed E-state index contributed by atoms with van der Waals surface area (Å²) in [7, 11) is 3.31. The average Bonchev–Trinajstić information content (AvgIpc) is 2.78. The van der Waals surface area contributed by atoms with Crippen LogP contribution in [0.5, 0.6) is 11.5 Å². The van der Waals surface area contributed by atoms with Gasteiger partial charge in [-0.3, -0.25) is 4.79 Å². The Morgan fingerprint density at radius 2 is 1.75 bits per heavy atom. The Bertz CT molecular complexity index is 665. The minimum absolute atomic E-state index is 0.0729. The maximum absolute atomic E-state index is 13.1. The zero-order valence-electron chi connectivity index (χ0n) is 17.2. The maximum Gasteiger partial charge on any atom is 0.227 e. The van der Waals surface area contributed by atoms with E-state index in [-0.39, 0.29) is 11.3 Å². The van der Waals surface area contributed by atoms with Crippen LogP contribution in [0.1, 0.15) is 50.5 Å². The summed E-state index contributed by atoms with van der Waals surface area (Å²) in [6.45, 7) is 2.20. The second-order valence-electron chi connectivity index (χ2n) is 8.19. The highest BCUT2D eigenvalue weighted by Gasteiger charge is 2.41. The van der Waals surface area contributed by atoms with Crippen LogP contribution in [0.25, 0.3) is 0 Å². The number of nitrogens with one attached hydrogen (secondary N) is 1. The first-order valence-corrected chi connectivity index (χ1v) is 10.4. The second-order valence-corrected chi connectivity index (χ2v) is 8.19. The Labute approximate surface area is 168 Å². The smallest absolute Gasteiger partial charge is 0.227 e. The Balaban J connectivity index is 1.81. The van der Waals surface area contributed by atoms with Gasteiger partial charge in [0.05, 0.1) is 19.6 Å². The van der Waals surface area contributed by atoms with Crippen LogP contribution in [0.15, 0.2) is 18.2 Å². The van der Waals surface area contributed by atoms with Gasteiger partial charge < -0.3 is 25.3 Å². The van der Waals surface area contributed by atoms with Gasteiger partial charge in [0, 0.05) is 31.7 Å². The lowest BCUT2D eigenvalue weighted by atomic mass is 9.69. The van der Waals surface area contributed by atoms with Gasteiger partial charge in [-0.25, -0.2) is 0 Å². The zero-order valence-corrected chi connectivity index (χ0v) is 17.2. The topological polar surface area (TPSA) is 82.8 Å². The number of benzene rings is 1. The largest absolute Gasteiger partial charge is 0.493 e. The van der Waals surface area contributed by atoms with E-state index in [0.29, 0.717) is 39.1 Å². The molecular formula is C22H34N2O4. The van der Waals surface area contributed by atoms with Crippen LogP contribution in [0, 0.1) is 5.41 Å². The van der Waals surface area contributed by atoms with Crippen LogP contribution in [0.4, 0.5) is 0 Å². The van der Waals surface area contributed by atoms with Crippen molar-refractivity contribution in [2.75, 3.05) is 40.5 Å². The van der Waals surface area contributed by atoms with E-state index in [1.807, 2.05) is 6.07 Å². The molecule has 0 aromatic heterocycles. The first-order chi connectivity index (χ1) is 13.6. The van der Waals surface area contributed by atoms with Crippen LogP contribution in [-0.4, -0.2) is 46.4 Å². The standard InChI is InChI=1S/C22H34N2O4/c1-26-18-7-6-17(14-19(18)27-2)22(8-4-3-5-9-22)16-24-20(25)21(15-23)10-12-28-13-11-21/h6-7,14H,3-5,8-13,15-16,23H2,1-2H3,(H,24,25). The van der Waals surface area contributed by atoms with Gasteiger partial charge in [-0.2, -0.15) is 0 Å². The van der Waals surface area contributed by atoms with E-state index in [1.165, 1.54) is 24.8 Å². The Kier molecular flexibility index (Phi) is 6.83. The first-order valence-electron chi connectivity index (χ1n) is 10.4. The van der Waals surface area contributed by atoms with E-state index < -0.39 is 5.41 Å². The van der Waals surface area contributed by atoms with Gasteiger partial charge in [-0.1, -0.05) is 25.3 Å². The summed E-state index contributed by atoms with van der Waals surface area (Å²) in [6, 6.07) is 6.15. The number of amides is 1. The SMILES string of the molecule is COc1ccc(C2(CNC(=O)C3(CN)CCOCC3)CCCCC2)cc1OC. The number of methoxy groups -OCH3 is 2. The summed E-state index contributed by atoms with van der Waals surface area (Å²) >= 11 is 0. The summed E-state index contributed by atoms with van der Waals surface area (Å²) in [4.78, 5) is 13.1. The predicted molar refractivity (Wildman–Crippen MR) is 109 cm³/mol. The molecule has 1 aromatic carbocycles. The third-order valence-electron chi connectivity index (χ3n) is 6.72. The van der Waals surface area contributed by atoms with Crippen molar-refractivity contribution in [3.05, 3.63) is 23.8 Å². The van der Waals surface area contributed by atoms with E-state index in [1.54, 1.807) is 14.2 Å². The molecule has 1 aliphatic carbocycles. The fourth-order valence-corrected chi connectivity index (χ4v) is 4.69.